The van der Waals surface area contributed by atoms with Gasteiger partial charge in [0.1, 0.15) is 0 Å². The van der Waals surface area contributed by atoms with E-state index >= 15 is 0 Å². The van der Waals surface area contributed by atoms with Gasteiger partial charge < -0.3 is 0 Å². The number of nitro groups is 1. The third-order valence-corrected chi connectivity index (χ3v) is 4.36. The van der Waals surface area contributed by atoms with Gasteiger partial charge >= 0.3 is 0 Å². The molecule has 0 aliphatic heterocycles. The van der Waals surface area contributed by atoms with Gasteiger partial charge in [-0.1, -0.05) is 25.1 Å². The van der Waals surface area contributed by atoms with Gasteiger partial charge in [-0.25, -0.2) is 8.42 Å². The lowest BCUT2D eigenvalue weighted by molar-refractivity contribution is -0.522. The zero-order chi connectivity index (χ0) is 12.9. The van der Waals surface area contributed by atoms with Gasteiger partial charge in [-0.05, 0) is 12.1 Å². The maximum absolute atomic E-state index is 11.9. The Morgan fingerprint density at radius 3 is 2.35 bits per heavy atom. The minimum absolute atomic E-state index is 0.0563. The first-order valence-corrected chi connectivity index (χ1v) is 7.04. The molecule has 0 aliphatic carbocycles. The van der Waals surface area contributed by atoms with Gasteiger partial charge in [-0.15, -0.1) is 0 Å². The molecule has 0 fully saturated rings. The summed E-state index contributed by atoms with van der Waals surface area (Å²) >= 11 is 0. The summed E-state index contributed by atoms with van der Waals surface area (Å²) in [5.74, 6) is -0.184. The van der Waals surface area contributed by atoms with Crippen molar-refractivity contribution in [1.29, 1.82) is 0 Å². The highest BCUT2D eigenvalue weighted by Gasteiger charge is 2.22. The van der Waals surface area contributed by atoms with E-state index in [4.69, 9.17) is 0 Å². The van der Waals surface area contributed by atoms with E-state index in [2.05, 4.69) is 0 Å². The van der Waals surface area contributed by atoms with Crippen LogP contribution in [0.15, 0.2) is 35.2 Å². The second kappa shape index (κ2) is 5.77. The highest BCUT2D eigenvalue weighted by molar-refractivity contribution is 7.91. The summed E-state index contributed by atoms with van der Waals surface area (Å²) in [5, 5.41) is 10.6. The molecule has 1 atom stereocenters. The van der Waals surface area contributed by atoms with Crippen molar-refractivity contribution in [2.45, 2.75) is 30.7 Å². The maximum atomic E-state index is 11.9. The molecule has 0 saturated heterocycles. The molecule has 0 heterocycles. The van der Waals surface area contributed by atoms with Crippen LogP contribution in [0.5, 0.6) is 0 Å². The average molecular weight is 257 g/mol. The molecular formula is C11H15NO4S. The van der Waals surface area contributed by atoms with Gasteiger partial charge in [0.15, 0.2) is 9.84 Å². The summed E-state index contributed by atoms with van der Waals surface area (Å²) in [4.78, 5) is 10.4. The van der Waals surface area contributed by atoms with E-state index < -0.39 is 20.8 Å². The lowest BCUT2D eigenvalue weighted by Gasteiger charge is -2.07. The number of sulfone groups is 1. The molecule has 94 valence electrons. The number of hydrogen-bond acceptors (Lipinski definition) is 4. The van der Waals surface area contributed by atoms with Gasteiger partial charge in [-0.2, -0.15) is 0 Å². The summed E-state index contributed by atoms with van der Waals surface area (Å²) < 4.78 is 23.7. The second-order valence-corrected chi connectivity index (χ2v) is 5.88. The SMILES string of the molecule is CCC(CCS(=O)(=O)c1ccccc1)[N+](=O)[O-]. The minimum Gasteiger partial charge on any atom is -0.264 e. The summed E-state index contributed by atoms with van der Waals surface area (Å²) in [6, 6.07) is 7.22. The molecule has 0 N–H and O–H groups in total. The summed E-state index contributed by atoms with van der Waals surface area (Å²) in [5.41, 5.74) is 0. The monoisotopic (exact) mass is 257 g/mol. The number of benzene rings is 1. The molecule has 6 heteroatoms. The van der Waals surface area contributed by atoms with Crippen LogP contribution >= 0.6 is 0 Å². The van der Waals surface area contributed by atoms with Crippen molar-refractivity contribution in [2.24, 2.45) is 0 Å². The van der Waals surface area contributed by atoms with Crippen LogP contribution in [0.2, 0.25) is 0 Å². The Hall–Kier alpha value is -1.43. The fraction of sp³-hybridized carbons (Fsp3) is 0.455. The van der Waals surface area contributed by atoms with Crippen molar-refractivity contribution in [3.63, 3.8) is 0 Å². The number of hydrogen-bond donors (Lipinski definition) is 0. The minimum atomic E-state index is -3.40. The third-order valence-electron chi connectivity index (χ3n) is 2.59. The predicted molar refractivity (Wildman–Crippen MR) is 64.2 cm³/mol. The zero-order valence-electron chi connectivity index (χ0n) is 9.57. The van der Waals surface area contributed by atoms with Crippen LogP contribution < -0.4 is 0 Å². The van der Waals surface area contributed by atoms with Crippen LogP contribution in [0.25, 0.3) is 0 Å². The standard InChI is InChI=1S/C11H15NO4S/c1-2-10(12(13)14)8-9-17(15,16)11-6-4-3-5-7-11/h3-7,10H,2,8-9H2,1H3. The lowest BCUT2D eigenvalue weighted by atomic mass is 10.2. The summed E-state index contributed by atoms with van der Waals surface area (Å²) in [6.45, 7) is 1.68. The fourth-order valence-corrected chi connectivity index (χ4v) is 2.89. The maximum Gasteiger partial charge on any atom is 0.213 e. The van der Waals surface area contributed by atoms with Crippen LogP contribution in [0.4, 0.5) is 0 Å². The van der Waals surface area contributed by atoms with Gasteiger partial charge in [0.25, 0.3) is 0 Å². The largest absolute Gasteiger partial charge is 0.264 e. The van der Waals surface area contributed by atoms with Gasteiger partial charge in [-0.3, -0.25) is 10.1 Å². The first-order valence-electron chi connectivity index (χ1n) is 5.38. The fourth-order valence-electron chi connectivity index (χ4n) is 1.50. The van der Waals surface area contributed by atoms with Crippen LogP contribution in [0.1, 0.15) is 19.8 Å². The highest BCUT2D eigenvalue weighted by atomic mass is 32.2. The molecule has 0 aliphatic rings. The Labute approximate surface area is 101 Å². The molecule has 0 saturated carbocycles. The Bertz CT molecular complexity index is 470. The van der Waals surface area contributed by atoms with Crippen molar-refractivity contribution in [3.8, 4) is 0 Å². The van der Waals surface area contributed by atoms with E-state index in [1.165, 1.54) is 12.1 Å². The van der Waals surface area contributed by atoms with E-state index in [0.717, 1.165) is 0 Å². The number of nitrogens with zero attached hydrogens (tertiary/aromatic N) is 1. The topological polar surface area (TPSA) is 77.3 Å². The van der Waals surface area contributed by atoms with E-state index in [0.29, 0.717) is 6.42 Å². The zero-order valence-corrected chi connectivity index (χ0v) is 10.4. The molecule has 5 nitrogen and oxygen atoms in total. The number of rotatable bonds is 6. The molecule has 1 unspecified atom stereocenters. The molecule has 17 heavy (non-hydrogen) atoms. The van der Waals surface area contributed by atoms with E-state index in [1.54, 1.807) is 25.1 Å². The molecule has 0 amide bonds. The van der Waals surface area contributed by atoms with Gasteiger partial charge in [0.2, 0.25) is 6.04 Å². The van der Waals surface area contributed by atoms with Crippen molar-refractivity contribution in [2.75, 3.05) is 5.75 Å². The first-order chi connectivity index (χ1) is 7.97. The smallest absolute Gasteiger partial charge is 0.213 e. The van der Waals surface area contributed by atoms with E-state index in [-0.39, 0.29) is 17.1 Å². The summed E-state index contributed by atoms with van der Waals surface area (Å²) in [7, 11) is -3.40. The van der Waals surface area contributed by atoms with E-state index in [1.807, 2.05) is 0 Å². The first kappa shape index (κ1) is 13.6. The molecule has 0 radical (unpaired) electrons. The molecule has 0 aromatic heterocycles. The average Bonchev–Trinajstić information content (AvgIpc) is 2.30. The van der Waals surface area contributed by atoms with E-state index in [9.17, 15) is 18.5 Å². The van der Waals surface area contributed by atoms with Crippen molar-refractivity contribution in [3.05, 3.63) is 40.4 Å². The van der Waals surface area contributed by atoms with Crippen molar-refractivity contribution >= 4 is 9.84 Å². The molecule has 1 aromatic rings. The predicted octanol–water partition coefficient (Wildman–Crippen LogP) is 1.91. The van der Waals surface area contributed by atoms with Crippen LogP contribution in [-0.4, -0.2) is 25.1 Å². The molecule has 0 bridgehead atoms. The molecule has 1 aromatic carbocycles. The molecule has 1 rings (SSSR count). The van der Waals surface area contributed by atoms with Crippen molar-refractivity contribution in [1.82, 2.24) is 0 Å². The third kappa shape index (κ3) is 3.81. The Kier molecular flexibility index (Phi) is 4.62. The van der Waals surface area contributed by atoms with Gasteiger partial charge in [0, 0.05) is 17.8 Å². The van der Waals surface area contributed by atoms with Gasteiger partial charge in [0.05, 0.1) is 10.6 Å². The van der Waals surface area contributed by atoms with Crippen LogP contribution in [0.3, 0.4) is 0 Å². The van der Waals surface area contributed by atoms with Crippen molar-refractivity contribution < 1.29 is 13.3 Å². The van der Waals surface area contributed by atoms with Crippen LogP contribution in [0, 0.1) is 10.1 Å². The highest BCUT2D eigenvalue weighted by Crippen LogP contribution is 2.13. The Morgan fingerprint density at radius 1 is 1.29 bits per heavy atom. The quantitative estimate of drug-likeness (QED) is 0.576. The second-order valence-electron chi connectivity index (χ2n) is 3.77. The normalized spacial score (nSPS) is 13.2. The molecule has 0 spiro atoms. The summed E-state index contributed by atoms with van der Waals surface area (Å²) in [6.07, 6.45) is 0.401. The Balaban J connectivity index is 2.72. The van der Waals surface area contributed by atoms with Crippen LogP contribution in [-0.2, 0) is 9.84 Å². The lowest BCUT2D eigenvalue weighted by Crippen LogP contribution is -2.22. The Morgan fingerprint density at radius 2 is 1.88 bits per heavy atom. The molecular weight excluding hydrogens is 242 g/mol.